The second-order valence-electron chi connectivity index (χ2n) is 3.15. The number of fused-ring (bicyclic) bond motifs is 3. The van der Waals surface area contributed by atoms with Crippen LogP contribution in [0.1, 0.15) is 10.4 Å². The van der Waals surface area contributed by atoms with Crippen molar-refractivity contribution in [2.75, 3.05) is 6.54 Å². The summed E-state index contributed by atoms with van der Waals surface area (Å²) in [5.41, 5.74) is 1.26. The molecule has 0 aromatic carbocycles. The fourth-order valence-electron chi connectivity index (χ4n) is 1.61. The smallest absolute Gasteiger partial charge is 0.0574 e. The number of pyridine rings is 1. The summed E-state index contributed by atoms with van der Waals surface area (Å²) in [6.07, 6.45) is 9.94. The monoisotopic (exact) mass is 200 g/mol. The molecule has 1 aliphatic heterocycles. The maximum atomic E-state index is 4.29. The van der Waals surface area contributed by atoms with Gasteiger partial charge in [-0.3, -0.25) is 9.98 Å². The van der Waals surface area contributed by atoms with E-state index in [1.165, 1.54) is 20.5 Å². The minimum Gasteiger partial charge on any atom is -0.288 e. The van der Waals surface area contributed by atoms with Crippen molar-refractivity contribution in [1.82, 2.24) is 4.98 Å². The number of aliphatic imine (C=N–C) groups is 1. The summed E-state index contributed by atoms with van der Waals surface area (Å²) in [5, 5.41) is 1.23. The summed E-state index contributed by atoms with van der Waals surface area (Å²) in [6, 6.07) is 2.05. The van der Waals surface area contributed by atoms with Gasteiger partial charge in [-0.1, -0.05) is 12.2 Å². The van der Waals surface area contributed by atoms with E-state index in [-0.39, 0.29) is 0 Å². The van der Waals surface area contributed by atoms with Gasteiger partial charge < -0.3 is 0 Å². The number of hydrogen-bond acceptors (Lipinski definition) is 3. The van der Waals surface area contributed by atoms with Crippen LogP contribution in [-0.4, -0.2) is 17.7 Å². The first-order chi connectivity index (χ1) is 6.95. The fraction of sp³-hybridized carbons (Fsp3) is 0.0909. The topological polar surface area (TPSA) is 25.2 Å². The van der Waals surface area contributed by atoms with E-state index < -0.39 is 0 Å². The van der Waals surface area contributed by atoms with Crippen LogP contribution < -0.4 is 0 Å². The van der Waals surface area contributed by atoms with Crippen molar-refractivity contribution in [3.05, 3.63) is 35.0 Å². The molecule has 0 spiro atoms. The maximum absolute atomic E-state index is 4.29. The van der Waals surface area contributed by atoms with E-state index in [2.05, 4.69) is 28.2 Å². The molecule has 0 radical (unpaired) electrons. The molecule has 0 saturated carbocycles. The van der Waals surface area contributed by atoms with Gasteiger partial charge in [-0.15, -0.1) is 11.3 Å². The highest BCUT2D eigenvalue weighted by molar-refractivity contribution is 7.20. The van der Waals surface area contributed by atoms with Crippen LogP contribution in [0.15, 0.2) is 29.5 Å². The standard InChI is InChI=1S/C11H8N2S/c1-2-8-9-6-13-5-3-10(9)14-11(8)7-12-4-1/h1-3,5-7H,4H2. The molecule has 0 fully saturated rings. The van der Waals surface area contributed by atoms with Crippen molar-refractivity contribution in [2.24, 2.45) is 4.99 Å². The van der Waals surface area contributed by atoms with E-state index >= 15 is 0 Å². The summed E-state index contributed by atoms with van der Waals surface area (Å²) in [5.74, 6) is 0. The van der Waals surface area contributed by atoms with Crippen LogP contribution in [0.5, 0.6) is 0 Å². The second kappa shape index (κ2) is 3.03. The van der Waals surface area contributed by atoms with Gasteiger partial charge in [0.25, 0.3) is 0 Å². The van der Waals surface area contributed by atoms with Crippen LogP contribution in [0, 0.1) is 0 Å². The van der Waals surface area contributed by atoms with Crippen molar-refractivity contribution in [1.29, 1.82) is 0 Å². The van der Waals surface area contributed by atoms with Crippen LogP contribution in [0.2, 0.25) is 0 Å². The van der Waals surface area contributed by atoms with Gasteiger partial charge >= 0.3 is 0 Å². The first-order valence-electron chi connectivity index (χ1n) is 4.48. The predicted molar refractivity (Wildman–Crippen MR) is 61.1 cm³/mol. The highest BCUT2D eigenvalue weighted by Gasteiger charge is 2.08. The molecule has 0 saturated heterocycles. The Morgan fingerprint density at radius 3 is 3.36 bits per heavy atom. The van der Waals surface area contributed by atoms with Crippen molar-refractivity contribution in [3.63, 3.8) is 0 Å². The van der Waals surface area contributed by atoms with Gasteiger partial charge in [-0.2, -0.15) is 0 Å². The van der Waals surface area contributed by atoms with Gasteiger partial charge in [0.2, 0.25) is 0 Å². The van der Waals surface area contributed by atoms with Gasteiger partial charge in [-0.05, 0) is 6.07 Å². The molecule has 0 unspecified atom stereocenters. The molecule has 0 atom stereocenters. The summed E-state index contributed by atoms with van der Waals surface area (Å²) in [6.45, 7) is 0.781. The lowest BCUT2D eigenvalue weighted by molar-refractivity contribution is 1.27. The Morgan fingerprint density at radius 2 is 2.36 bits per heavy atom. The Bertz CT molecular complexity index is 537. The van der Waals surface area contributed by atoms with Gasteiger partial charge in [0.15, 0.2) is 0 Å². The van der Waals surface area contributed by atoms with Crippen LogP contribution in [0.25, 0.3) is 16.2 Å². The minimum absolute atomic E-state index is 0.781. The van der Waals surface area contributed by atoms with Crippen molar-refractivity contribution in [2.45, 2.75) is 0 Å². The molecule has 2 aromatic rings. The quantitative estimate of drug-likeness (QED) is 0.642. The van der Waals surface area contributed by atoms with E-state index in [1.807, 2.05) is 18.6 Å². The first-order valence-corrected chi connectivity index (χ1v) is 5.30. The fourth-order valence-corrected chi connectivity index (χ4v) is 2.67. The molecular formula is C11H8N2S. The highest BCUT2D eigenvalue weighted by atomic mass is 32.1. The van der Waals surface area contributed by atoms with Crippen LogP contribution in [0.4, 0.5) is 0 Å². The van der Waals surface area contributed by atoms with Crippen LogP contribution >= 0.6 is 11.3 Å². The van der Waals surface area contributed by atoms with Gasteiger partial charge in [0.1, 0.15) is 0 Å². The second-order valence-corrected chi connectivity index (χ2v) is 4.23. The zero-order valence-electron chi connectivity index (χ0n) is 7.47. The molecule has 0 N–H and O–H groups in total. The third-order valence-corrected chi connectivity index (χ3v) is 3.38. The van der Waals surface area contributed by atoms with E-state index in [0.29, 0.717) is 0 Å². The van der Waals surface area contributed by atoms with Gasteiger partial charge in [0.05, 0.1) is 11.4 Å². The normalized spacial score (nSPS) is 14.3. The molecule has 0 bridgehead atoms. The zero-order valence-corrected chi connectivity index (χ0v) is 8.29. The molecular weight excluding hydrogens is 192 g/mol. The van der Waals surface area contributed by atoms with Crippen LogP contribution in [-0.2, 0) is 0 Å². The number of thiophene rings is 1. The third kappa shape index (κ3) is 1.09. The van der Waals surface area contributed by atoms with Crippen molar-refractivity contribution < 1.29 is 0 Å². The Kier molecular flexibility index (Phi) is 1.70. The Morgan fingerprint density at radius 1 is 1.36 bits per heavy atom. The molecule has 14 heavy (non-hydrogen) atoms. The molecule has 3 rings (SSSR count). The number of hydrogen-bond donors (Lipinski definition) is 0. The lowest BCUT2D eigenvalue weighted by Gasteiger charge is -1.90. The summed E-state index contributed by atoms with van der Waals surface area (Å²) >= 11 is 1.77. The lowest BCUT2D eigenvalue weighted by Crippen LogP contribution is -1.76. The maximum Gasteiger partial charge on any atom is 0.0574 e. The van der Waals surface area contributed by atoms with Gasteiger partial charge in [-0.25, -0.2) is 0 Å². The van der Waals surface area contributed by atoms with E-state index in [1.54, 1.807) is 11.3 Å². The first kappa shape index (κ1) is 7.88. The SMILES string of the molecule is C1=Cc2c(sc3ccncc23)C=NC1. The summed E-state index contributed by atoms with van der Waals surface area (Å²) in [7, 11) is 0. The average Bonchev–Trinajstić information content (AvgIpc) is 2.42. The van der Waals surface area contributed by atoms with E-state index in [9.17, 15) is 0 Å². The van der Waals surface area contributed by atoms with Gasteiger partial charge in [0, 0.05) is 34.3 Å². The lowest BCUT2D eigenvalue weighted by atomic mass is 10.1. The molecule has 68 valence electrons. The van der Waals surface area contributed by atoms with E-state index in [0.717, 1.165) is 6.54 Å². The summed E-state index contributed by atoms with van der Waals surface area (Å²) in [4.78, 5) is 9.68. The third-order valence-electron chi connectivity index (χ3n) is 2.26. The average molecular weight is 200 g/mol. The predicted octanol–water partition coefficient (Wildman–Crippen LogP) is 2.74. The largest absolute Gasteiger partial charge is 0.288 e. The molecule has 0 aliphatic carbocycles. The summed E-state index contributed by atoms with van der Waals surface area (Å²) < 4.78 is 1.28. The van der Waals surface area contributed by atoms with Crippen molar-refractivity contribution >= 4 is 33.7 Å². The minimum atomic E-state index is 0.781. The Balaban J connectivity index is 2.41. The molecule has 3 heteroatoms. The number of nitrogens with zero attached hydrogens (tertiary/aromatic N) is 2. The molecule has 0 amide bonds. The zero-order chi connectivity index (χ0) is 9.38. The Labute approximate surface area is 85.6 Å². The Hall–Kier alpha value is -1.48. The number of rotatable bonds is 0. The van der Waals surface area contributed by atoms with E-state index in [4.69, 9.17) is 0 Å². The highest BCUT2D eigenvalue weighted by Crippen LogP contribution is 2.31. The molecule has 3 heterocycles. The number of aromatic nitrogens is 1. The van der Waals surface area contributed by atoms with Crippen molar-refractivity contribution in [3.8, 4) is 0 Å². The molecule has 2 nitrogen and oxygen atoms in total. The molecule has 1 aliphatic rings. The molecule has 2 aromatic heterocycles. The van der Waals surface area contributed by atoms with Crippen LogP contribution in [0.3, 0.4) is 0 Å².